The molecule has 0 radical (unpaired) electrons. The van der Waals surface area contributed by atoms with Crippen LogP contribution in [0.15, 0.2) is 30.5 Å². The molecule has 1 aromatic heterocycles. The SMILES string of the molecule is CC(C)c1cccc(NCc2ncc(Cl)n2C)c1. The molecule has 1 aromatic carbocycles. The van der Waals surface area contributed by atoms with Gasteiger partial charge in [-0.1, -0.05) is 37.6 Å². The van der Waals surface area contributed by atoms with Crippen molar-refractivity contribution < 1.29 is 0 Å². The van der Waals surface area contributed by atoms with Crippen LogP contribution in [0.5, 0.6) is 0 Å². The molecule has 96 valence electrons. The maximum absolute atomic E-state index is 5.95. The van der Waals surface area contributed by atoms with E-state index in [1.165, 1.54) is 5.56 Å². The molecule has 0 atom stereocenters. The molecule has 1 heterocycles. The first-order valence-corrected chi connectivity index (χ1v) is 6.45. The van der Waals surface area contributed by atoms with Crippen LogP contribution in [0.4, 0.5) is 5.69 Å². The molecular weight excluding hydrogens is 246 g/mol. The Morgan fingerprint density at radius 1 is 1.39 bits per heavy atom. The normalized spacial score (nSPS) is 10.9. The molecule has 2 rings (SSSR count). The first-order valence-electron chi connectivity index (χ1n) is 6.08. The smallest absolute Gasteiger partial charge is 0.128 e. The quantitative estimate of drug-likeness (QED) is 0.909. The van der Waals surface area contributed by atoms with Gasteiger partial charge < -0.3 is 9.88 Å². The van der Waals surface area contributed by atoms with E-state index in [2.05, 4.69) is 48.4 Å². The van der Waals surface area contributed by atoms with Gasteiger partial charge in [0.1, 0.15) is 11.0 Å². The number of aromatic nitrogens is 2. The first kappa shape index (κ1) is 13.0. The Kier molecular flexibility index (Phi) is 3.92. The van der Waals surface area contributed by atoms with Gasteiger partial charge in [0.15, 0.2) is 0 Å². The number of halogens is 1. The second kappa shape index (κ2) is 5.44. The predicted molar refractivity (Wildman–Crippen MR) is 76.1 cm³/mol. The third-order valence-corrected chi connectivity index (χ3v) is 3.38. The highest BCUT2D eigenvalue weighted by atomic mass is 35.5. The number of hydrogen-bond acceptors (Lipinski definition) is 2. The van der Waals surface area contributed by atoms with E-state index in [0.717, 1.165) is 11.5 Å². The van der Waals surface area contributed by atoms with Crippen molar-refractivity contribution in [1.29, 1.82) is 0 Å². The molecule has 0 unspecified atom stereocenters. The fourth-order valence-electron chi connectivity index (χ4n) is 1.78. The van der Waals surface area contributed by atoms with E-state index in [0.29, 0.717) is 17.6 Å². The van der Waals surface area contributed by atoms with Crippen LogP contribution >= 0.6 is 11.6 Å². The molecule has 18 heavy (non-hydrogen) atoms. The Morgan fingerprint density at radius 3 is 2.78 bits per heavy atom. The van der Waals surface area contributed by atoms with Gasteiger partial charge in [0.05, 0.1) is 12.7 Å². The van der Waals surface area contributed by atoms with Gasteiger partial charge in [0.2, 0.25) is 0 Å². The molecule has 2 aromatic rings. The number of hydrogen-bond donors (Lipinski definition) is 1. The summed E-state index contributed by atoms with van der Waals surface area (Å²) in [4.78, 5) is 4.26. The summed E-state index contributed by atoms with van der Waals surface area (Å²) in [5.41, 5.74) is 2.44. The van der Waals surface area contributed by atoms with Crippen molar-refractivity contribution in [1.82, 2.24) is 9.55 Å². The highest BCUT2D eigenvalue weighted by Gasteiger charge is 2.04. The zero-order valence-electron chi connectivity index (χ0n) is 10.9. The molecule has 3 nitrogen and oxygen atoms in total. The summed E-state index contributed by atoms with van der Waals surface area (Å²) in [6, 6.07) is 8.46. The van der Waals surface area contributed by atoms with Gasteiger partial charge in [0.25, 0.3) is 0 Å². The summed E-state index contributed by atoms with van der Waals surface area (Å²) in [5, 5.41) is 4.02. The lowest BCUT2D eigenvalue weighted by atomic mass is 10.0. The van der Waals surface area contributed by atoms with Crippen LogP contribution in [-0.4, -0.2) is 9.55 Å². The van der Waals surface area contributed by atoms with Crippen molar-refractivity contribution in [2.75, 3.05) is 5.32 Å². The lowest BCUT2D eigenvalue weighted by molar-refractivity contribution is 0.812. The summed E-state index contributed by atoms with van der Waals surface area (Å²) >= 11 is 5.95. The largest absolute Gasteiger partial charge is 0.378 e. The number of rotatable bonds is 4. The molecule has 0 aliphatic rings. The minimum atomic E-state index is 0.536. The van der Waals surface area contributed by atoms with Crippen LogP contribution in [0, 0.1) is 0 Å². The van der Waals surface area contributed by atoms with Gasteiger partial charge in [-0.2, -0.15) is 0 Å². The number of anilines is 1. The maximum Gasteiger partial charge on any atom is 0.128 e. The first-order chi connectivity index (χ1) is 8.58. The minimum absolute atomic E-state index is 0.536. The lowest BCUT2D eigenvalue weighted by Crippen LogP contribution is -2.06. The van der Waals surface area contributed by atoms with Gasteiger partial charge >= 0.3 is 0 Å². The van der Waals surface area contributed by atoms with Gasteiger partial charge in [-0.25, -0.2) is 4.98 Å². The third-order valence-electron chi connectivity index (χ3n) is 3.03. The van der Waals surface area contributed by atoms with E-state index in [9.17, 15) is 0 Å². The average Bonchev–Trinajstić information content (AvgIpc) is 2.68. The average molecular weight is 264 g/mol. The van der Waals surface area contributed by atoms with Gasteiger partial charge in [-0.3, -0.25) is 0 Å². The zero-order chi connectivity index (χ0) is 13.1. The Bertz CT molecular complexity index is 532. The summed E-state index contributed by atoms with van der Waals surface area (Å²) in [6.45, 7) is 5.06. The van der Waals surface area contributed by atoms with Gasteiger partial charge in [-0.15, -0.1) is 0 Å². The summed E-state index contributed by atoms with van der Waals surface area (Å²) in [6.07, 6.45) is 1.67. The van der Waals surface area contributed by atoms with E-state index in [1.807, 2.05) is 11.6 Å². The second-order valence-electron chi connectivity index (χ2n) is 4.69. The van der Waals surface area contributed by atoms with Gasteiger partial charge in [-0.05, 0) is 23.6 Å². The number of nitrogens with zero attached hydrogens (tertiary/aromatic N) is 2. The molecule has 1 N–H and O–H groups in total. The predicted octanol–water partition coefficient (Wildman–Crippen LogP) is 3.81. The molecule has 0 spiro atoms. The molecule has 0 aliphatic heterocycles. The fourth-order valence-corrected chi connectivity index (χ4v) is 1.92. The standard InChI is InChI=1S/C14H18ClN3/c1-10(2)11-5-4-6-12(7-11)16-9-14-17-8-13(15)18(14)3/h4-8,10,16H,9H2,1-3H3. The van der Waals surface area contributed by atoms with Crippen molar-refractivity contribution in [2.45, 2.75) is 26.3 Å². The zero-order valence-corrected chi connectivity index (χ0v) is 11.7. The molecule has 0 saturated heterocycles. The summed E-state index contributed by atoms with van der Waals surface area (Å²) in [7, 11) is 1.91. The molecule has 0 saturated carbocycles. The van der Waals surface area contributed by atoms with Crippen LogP contribution in [0.3, 0.4) is 0 Å². The van der Waals surface area contributed by atoms with Crippen LogP contribution in [-0.2, 0) is 13.6 Å². The van der Waals surface area contributed by atoms with E-state index in [-0.39, 0.29) is 0 Å². The van der Waals surface area contributed by atoms with Crippen molar-refractivity contribution in [3.8, 4) is 0 Å². The highest BCUT2D eigenvalue weighted by molar-refractivity contribution is 6.29. The molecule has 0 bridgehead atoms. The Hall–Kier alpha value is -1.48. The number of benzene rings is 1. The van der Waals surface area contributed by atoms with E-state index >= 15 is 0 Å². The van der Waals surface area contributed by atoms with E-state index in [1.54, 1.807) is 6.20 Å². The topological polar surface area (TPSA) is 29.9 Å². The van der Waals surface area contributed by atoms with E-state index < -0.39 is 0 Å². The van der Waals surface area contributed by atoms with Crippen LogP contribution in [0.2, 0.25) is 5.15 Å². The lowest BCUT2D eigenvalue weighted by Gasteiger charge is -2.10. The van der Waals surface area contributed by atoms with Crippen molar-refractivity contribution in [2.24, 2.45) is 7.05 Å². The monoisotopic (exact) mass is 263 g/mol. The highest BCUT2D eigenvalue weighted by Crippen LogP contribution is 2.19. The minimum Gasteiger partial charge on any atom is -0.378 e. The Morgan fingerprint density at radius 2 is 2.17 bits per heavy atom. The van der Waals surface area contributed by atoms with Crippen LogP contribution in [0.1, 0.15) is 31.2 Å². The fraction of sp³-hybridized carbons (Fsp3) is 0.357. The molecule has 0 amide bonds. The third kappa shape index (κ3) is 2.85. The summed E-state index contributed by atoms with van der Waals surface area (Å²) < 4.78 is 1.88. The number of imidazole rings is 1. The Balaban J connectivity index is 2.06. The molecule has 4 heteroatoms. The van der Waals surface area contributed by atoms with E-state index in [4.69, 9.17) is 11.6 Å². The number of nitrogens with one attached hydrogen (secondary N) is 1. The van der Waals surface area contributed by atoms with Crippen LogP contribution in [0.25, 0.3) is 0 Å². The molecule has 0 fully saturated rings. The molecular formula is C14H18ClN3. The Labute approximate surface area is 113 Å². The van der Waals surface area contributed by atoms with Crippen molar-refractivity contribution >= 4 is 17.3 Å². The maximum atomic E-state index is 5.95. The van der Waals surface area contributed by atoms with Crippen LogP contribution < -0.4 is 5.32 Å². The van der Waals surface area contributed by atoms with Crippen molar-refractivity contribution in [3.63, 3.8) is 0 Å². The second-order valence-corrected chi connectivity index (χ2v) is 5.08. The van der Waals surface area contributed by atoms with Crippen molar-refractivity contribution in [3.05, 3.63) is 47.0 Å². The van der Waals surface area contributed by atoms with Gasteiger partial charge in [0, 0.05) is 12.7 Å². The molecule has 0 aliphatic carbocycles. The summed E-state index contributed by atoms with van der Waals surface area (Å²) in [5.74, 6) is 1.46.